The summed E-state index contributed by atoms with van der Waals surface area (Å²) in [4.78, 5) is 9.06. The van der Waals surface area contributed by atoms with Gasteiger partial charge in [0.25, 0.3) is 0 Å². The van der Waals surface area contributed by atoms with Crippen LogP contribution < -0.4 is 20.9 Å². The van der Waals surface area contributed by atoms with Crippen LogP contribution in [0, 0.1) is 0 Å². The highest BCUT2D eigenvalue weighted by Gasteiger charge is 2.09. The molecule has 1 aromatic carbocycles. The Morgan fingerprint density at radius 2 is 1.48 bits per heavy atom. The summed E-state index contributed by atoms with van der Waals surface area (Å²) >= 11 is 3.25. The highest BCUT2D eigenvalue weighted by Crippen LogP contribution is 2.27. The molecule has 4 aromatic rings. The summed E-state index contributed by atoms with van der Waals surface area (Å²) in [6.07, 6.45) is 0. The Balaban J connectivity index is 1.61. The van der Waals surface area contributed by atoms with Crippen molar-refractivity contribution in [3.63, 3.8) is 0 Å². The first-order valence-corrected chi connectivity index (χ1v) is 12.0. The number of nitrogens with zero attached hydrogens (tertiary/aromatic N) is 4. The summed E-state index contributed by atoms with van der Waals surface area (Å²) < 4.78 is 5.44. The van der Waals surface area contributed by atoms with Crippen LogP contribution >= 0.6 is 22.7 Å². The van der Waals surface area contributed by atoms with Crippen molar-refractivity contribution in [2.45, 2.75) is 13.8 Å². The second kappa shape index (κ2) is 10.7. The lowest BCUT2D eigenvalue weighted by atomic mass is 10.2. The zero-order chi connectivity index (χ0) is 23.0. The standard InChI is InChI=1S/C23H23N7OS2/c1-15(17-8-10-32-13-17)27-29-22-12-21(24-19-6-4-5-7-20(19)31-3)25-23(26-22)30-28-16(2)18-9-11-33-14-18/h4-14H,1-3H3,(H3,24,25,26,29,30). The second-order valence-corrected chi connectivity index (χ2v) is 8.49. The van der Waals surface area contributed by atoms with Gasteiger partial charge in [-0.2, -0.15) is 42.8 Å². The normalized spacial score (nSPS) is 11.8. The lowest BCUT2D eigenvalue weighted by molar-refractivity contribution is 0.417. The Labute approximate surface area is 200 Å². The van der Waals surface area contributed by atoms with Gasteiger partial charge in [0.15, 0.2) is 5.82 Å². The van der Waals surface area contributed by atoms with Gasteiger partial charge in [0.05, 0.1) is 24.2 Å². The number of hydrogen-bond donors (Lipinski definition) is 3. The van der Waals surface area contributed by atoms with Crippen molar-refractivity contribution < 1.29 is 4.74 Å². The number of hydrazone groups is 2. The number of methoxy groups -OCH3 is 1. The fraction of sp³-hybridized carbons (Fsp3) is 0.130. The zero-order valence-corrected chi connectivity index (χ0v) is 20.0. The minimum Gasteiger partial charge on any atom is -0.495 e. The molecule has 3 aromatic heterocycles. The molecule has 0 spiro atoms. The molecule has 0 fully saturated rings. The smallest absolute Gasteiger partial charge is 0.247 e. The molecule has 8 nitrogen and oxygen atoms in total. The molecule has 0 radical (unpaired) electrons. The zero-order valence-electron chi connectivity index (χ0n) is 18.4. The fourth-order valence-electron chi connectivity index (χ4n) is 2.85. The number of para-hydroxylation sites is 2. The van der Waals surface area contributed by atoms with Gasteiger partial charge in [0, 0.05) is 17.2 Å². The second-order valence-electron chi connectivity index (χ2n) is 6.93. The number of ether oxygens (including phenoxy) is 1. The van der Waals surface area contributed by atoms with E-state index in [9.17, 15) is 0 Å². The molecule has 0 amide bonds. The van der Waals surface area contributed by atoms with Gasteiger partial charge in [-0.1, -0.05) is 12.1 Å². The summed E-state index contributed by atoms with van der Waals surface area (Å²) in [5.74, 6) is 2.11. The molecule has 10 heteroatoms. The van der Waals surface area contributed by atoms with Gasteiger partial charge in [0.2, 0.25) is 5.95 Å². The van der Waals surface area contributed by atoms with Crippen LogP contribution in [0.25, 0.3) is 0 Å². The fourth-order valence-corrected chi connectivity index (χ4v) is 4.25. The molecule has 0 aliphatic rings. The van der Waals surface area contributed by atoms with Crippen LogP contribution in [0.5, 0.6) is 5.75 Å². The predicted molar refractivity (Wildman–Crippen MR) is 139 cm³/mol. The van der Waals surface area contributed by atoms with Crippen molar-refractivity contribution in [2.24, 2.45) is 10.2 Å². The van der Waals surface area contributed by atoms with Crippen molar-refractivity contribution >= 4 is 57.4 Å². The number of thiophene rings is 2. The average molecular weight is 478 g/mol. The third-order valence-electron chi connectivity index (χ3n) is 4.64. The first kappa shape index (κ1) is 22.4. The lowest BCUT2D eigenvalue weighted by Gasteiger charge is -2.12. The number of nitrogens with one attached hydrogen (secondary N) is 3. The molecule has 3 N–H and O–H groups in total. The lowest BCUT2D eigenvalue weighted by Crippen LogP contribution is -2.07. The molecule has 0 aliphatic carbocycles. The monoisotopic (exact) mass is 477 g/mol. The van der Waals surface area contributed by atoms with E-state index in [0.717, 1.165) is 28.2 Å². The summed E-state index contributed by atoms with van der Waals surface area (Å²) in [6, 6.07) is 13.4. The quantitative estimate of drug-likeness (QED) is 0.201. The average Bonchev–Trinajstić information content (AvgIpc) is 3.56. The third-order valence-corrected chi connectivity index (χ3v) is 6.00. The number of rotatable bonds is 9. The van der Waals surface area contributed by atoms with Gasteiger partial charge in [-0.05, 0) is 59.6 Å². The SMILES string of the molecule is COc1ccccc1Nc1cc(NN=C(C)c2ccsc2)nc(NN=C(C)c2ccsc2)n1. The maximum atomic E-state index is 5.44. The summed E-state index contributed by atoms with van der Waals surface area (Å²) in [5, 5.41) is 20.3. The van der Waals surface area contributed by atoms with Crippen LogP contribution in [-0.2, 0) is 0 Å². The predicted octanol–water partition coefficient (Wildman–Crippen LogP) is 6.02. The molecule has 4 rings (SSSR count). The molecule has 3 heterocycles. The largest absolute Gasteiger partial charge is 0.495 e. The van der Waals surface area contributed by atoms with E-state index >= 15 is 0 Å². The van der Waals surface area contributed by atoms with E-state index in [1.165, 1.54) is 0 Å². The molecule has 168 valence electrons. The van der Waals surface area contributed by atoms with Crippen LogP contribution in [0.1, 0.15) is 25.0 Å². The Bertz CT molecular complexity index is 1180. The topological polar surface area (TPSA) is 95.8 Å². The minimum atomic E-state index is 0.329. The minimum absolute atomic E-state index is 0.329. The summed E-state index contributed by atoms with van der Waals surface area (Å²) in [7, 11) is 1.63. The van der Waals surface area contributed by atoms with Gasteiger partial charge in [0.1, 0.15) is 11.6 Å². The molecule has 0 saturated carbocycles. The Kier molecular flexibility index (Phi) is 7.28. The number of aromatic nitrogens is 2. The van der Waals surface area contributed by atoms with E-state index in [1.807, 2.05) is 71.8 Å². The molecule has 0 bridgehead atoms. The third kappa shape index (κ3) is 5.93. The Morgan fingerprint density at radius 3 is 2.12 bits per heavy atom. The molecule has 33 heavy (non-hydrogen) atoms. The number of benzene rings is 1. The van der Waals surface area contributed by atoms with Crippen molar-refractivity contribution in [3.8, 4) is 5.75 Å². The van der Waals surface area contributed by atoms with Gasteiger partial charge in [-0.15, -0.1) is 0 Å². The first-order valence-electron chi connectivity index (χ1n) is 10.1. The van der Waals surface area contributed by atoms with Crippen molar-refractivity contribution in [1.29, 1.82) is 0 Å². The number of hydrogen-bond acceptors (Lipinski definition) is 10. The molecular weight excluding hydrogens is 454 g/mol. The molecular formula is C23H23N7OS2. The molecule has 0 atom stereocenters. The van der Waals surface area contributed by atoms with E-state index in [1.54, 1.807) is 35.8 Å². The van der Waals surface area contributed by atoms with Crippen molar-refractivity contribution in [2.75, 3.05) is 23.3 Å². The van der Waals surface area contributed by atoms with Crippen LogP contribution in [0.2, 0.25) is 0 Å². The van der Waals surface area contributed by atoms with E-state index in [-0.39, 0.29) is 0 Å². The summed E-state index contributed by atoms with van der Waals surface area (Å²) in [6.45, 7) is 3.87. The van der Waals surface area contributed by atoms with Crippen molar-refractivity contribution in [3.05, 3.63) is 75.1 Å². The van der Waals surface area contributed by atoms with Crippen LogP contribution in [0.3, 0.4) is 0 Å². The van der Waals surface area contributed by atoms with Crippen LogP contribution in [0.15, 0.2) is 74.2 Å². The van der Waals surface area contributed by atoms with Gasteiger partial charge >= 0.3 is 0 Å². The maximum absolute atomic E-state index is 5.44. The maximum Gasteiger partial charge on any atom is 0.247 e. The van der Waals surface area contributed by atoms with Gasteiger partial charge < -0.3 is 10.1 Å². The molecule has 0 saturated heterocycles. The van der Waals surface area contributed by atoms with Gasteiger partial charge in [-0.25, -0.2) is 5.43 Å². The molecule has 0 unspecified atom stereocenters. The van der Waals surface area contributed by atoms with Crippen molar-refractivity contribution in [1.82, 2.24) is 9.97 Å². The van der Waals surface area contributed by atoms with E-state index in [0.29, 0.717) is 23.3 Å². The van der Waals surface area contributed by atoms with Crippen LogP contribution in [-0.4, -0.2) is 28.5 Å². The van der Waals surface area contributed by atoms with Crippen LogP contribution in [0.4, 0.5) is 23.3 Å². The van der Waals surface area contributed by atoms with Gasteiger partial charge in [-0.3, -0.25) is 5.43 Å². The summed E-state index contributed by atoms with van der Waals surface area (Å²) in [5.41, 5.74) is 10.6. The van der Waals surface area contributed by atoms with E-state index in [4.69, 9.17) is 4.74 Å². The highest BCUT2D eigenvalue weighted by atomic mass is 32.1. The first-order chi connectivity index (χ1) is 16.1. The Hall–Kier alpha value is -3.76. The Morgan fingerprint density at radius 1 is 0.848 bits per heavy atom. The highest BCUT2D eigenvalue weighted by molar-refractivity contribution is 7.08. The number of anilines is 4. The van der Waals surface area contributed by atoms with E-state index in [2.05, 4.69) is 36.3 Å². The van der Waals surface area contributed by atoms with E-state index < -0.39 is 0 Å². The molecule has 0 aliphatic heterocycles.